The molecule has 1 aromatic heterocycles. The molecule has 38 heavy (non-hydrogen) atoms. The summed E-state index contributed by atoms with van der Waals surface area (Å²) in [4.78, 5) is 31.3. The van der Waals surface area contributed by atoms with Crippen molar-refractivity contribution in [3.8, 4) is 17.2 Å². The van der Waals surface area contributed by atoms with Gasteiger partial charge >= 0.3 is 0 Å². The first kappa shape index (κ1) is 25.0. The molecule has 1 saturated heterocycles. The molecule has 192 valence electrons. The number of aromatic nitrogens is 1. The predicted octanol–water partition coefficient (Wildman–Crippen LogP) is 5.78. The maximum absolute atomic E-state index is 13.0. The fourth-order valence-electron chi connectivity index (χ4n) is 4.62. The number of piperidine rings is 1. The molecule has 0 unspecified atom stereocenters. The lowest BCUT2D eigenvalue weighted by molar-refractivity contribution is -0.115. The minimum Gasteiger partial charge on any atom is -0.506 e. The quantitative estimate of drug-likeness (QED) is 0.331. The Morgan fingerprint density at radius 2 is 1.55 bits per heavy atom. The summed E-state index contributed by atoms with van der Waals surface area (Å²) in [6.45, 7) is 1.40. The van der Waals surface area contributed by atoms with Crippen molar-refractivity contribution in [1.29, 1.82) is 0 Å². The molecule has 1 aliphatic heterocycles. The smallest absolute Gasteiger partial charge is 0.253 e. The van der Waals surface area contributed by atoms with Crippen LogP contribution in [-0.2, 0) is 11.2 Å². The molecule has 1 aliphatic rings. The molecule has 5 rings (SSSR count). The van der Waals surface area contributed by atoms with Crippen molar-refractivity contribution in [2.24, 2.45) is 0 Å². The van der Waals surface area contributed by atoms with Crippen LogP contribution in [0.5, 0.6) is 17.2 Å². The Balaban J connectivity index is 1.10. The number of rotatable bonds is 7. The zero-order valence-corrected chi connectivity index (χ0v) is 20.9. The van der Waals surface area contributed by atoms with Crippen LogP contribution in [-0.4, -0.2) is 39.9 Å². The number of aromatic hydroxyl groups is 1. The van der Waals surface area contributed by atoms with Gasteiger partial charge < -0.3 is 20.1 Å². The van der Waals surface area contributed by atoms with E-state index in [1.807, 2.05) is 83.8 Å². The lowest BCUT2D eigenvalue weighted by Gasteiger charge is -2.32. The van der Waals surface area contributed by atoms with Gasteiger partial charge in [0.1, 0.15) is 17.2 Å². The van der Waals surface area contributed by atoms with Crippen molar-refractivity contribution in [1.82, 2.24) is 9.88 Å². The van der Waals surface area contributed by atoms with Gasteiger partial charge in [-0.3, -0.25) is 14.6 Å². The van der Waals surface area contributed by atoms with E-state index in [0.29, 0.717) is 36.0 Å². The first-order valence-electron chi connectivity index (χ1n) is 12.7. The molecule has 0 spiro atoms. The van der Waals surface area contributed by atoms with E-state index in [2.05, 4.69) is 10.3 Å². The molecule has 0 atom stereocenters. The first-order valence-corrected chi connectivity index (χ1v) is 12.7. The number of para-hydroxylation sites is 1. The third-order valence-electron chi connectivity index (χ3n) is 6.68. The molecule has 3 aromatic carbocycles. The summed E-state index contributed by atoms with van der Waals surface area (Å²) in [5.41, 5.74) is 3.18. The molecule has 0 saturated carbocycles. The van der Waals surface area contributed by atoms with Crippen LogP contribution in [0.1, 0.15) is 40.4 Å². The lowest BCUT2D eigenvalue weighted by atomic mass is 9.89. The van der Waals surface area contributed by atoms with Gasteiger partial charge in [-0.15, -0.1) is 0 Å². The SMILES string of the molecule is O=C(Cc1ccc(O)cn1)Nc1ccc(C2CCN(C(=O)c3ccc(Oc4ccccc4)cc3)CC2)cc1. The maximum atomic E-state index is 13.0. The Labute approximate surface area is 221 Å². The third-order valence-corrected chi connectivity index (χ3v) is 6.68. The van der Waals surface area contributed by atoms with Crippen LogP contribution in [0, 0.1) is 0 Å². The Morgan fingerprint density at radius 1 is 0.868 bits per heavy atom. The number of nitrogens with one attached hydrogen (secondary N) is 1. The maximum Gasteiger partial charge on any atom is 0.253 e. The number of amides is 2. The van der Waals surface area contributed by atoms with Gasteiger partial charge in [0.25, 0.3) is 5.91 Å². The Kier molecular flexibility index (Phi) is 7.64. The van der Waals surface area contributed by atoms with Gasteiger partial charge in [0, 0.05) is 30.0 Å². The molecule has 2 N–H and O–H groups in total. The molecule has 2 heterocycles. The van der Waals surface area contributed by atoms with Crippen LogP contribution in [0.25, 0.3) is 0 Å². The summed E-state index contributed by atoms with van der Waals surface area (Å²) >= 11 is 0. The van der Waals surface area contributed by atoms with Crippen molar-refractivity contribution in [3.63, 3.8) is 0 Å². The van der Waals surface area contributed by atoms with Crippen molar-refractivity contribution in [2.75, 3.05) is 18.4 Å². The number of hydrogen-bond acceptors (Lipinski definition) is 5. The topological polar surface area (TPSA) is 91.8 Å². The van der Waals surface area contributed by atoms with Crippen LogP contribution in [0.4, 0.5) is 5.69 Å². The summed E-state index contributed by atoms with van der Waals surface area (Å²) in [7, 11) is 0. The number of likely N-dealkylation sites (tertiary alicyclic amines) is 1. The van der Waals surface area contributed by atoms with E-state index < -0.39 is 0 Å². The first-order chi connectivity index (χ1) is 18.5. The number of carbonyl (C=O) groups is 2. The molecule has 0 radical (unpaired) electrons. The number of nitrogens with zero attached hydrogens (tertiary/aromatic N) is 2. The largest absolute Gasteiger partial charge is 0.506 e. The van der Waals surface area contributed by atoms with E-state index in [9.17, 15) is 14.7 Å². The van der Waals surface area contributed by atoms with E-state index in [1.165, 1.54) is 17.8 Å². The number of ether oxygens (including phenoxy) is 1. The van der Waals surface area contributed by atoms with Crippen LogP contribution in [0.15, 0.2) is 97.2 Å². The van der Waals surface area contributed by atoms with Crippen molar-refractivity contribution in [2.45, 2.75) is 25.2 Å². The zero-order valence-electron chi connectivity index (χ0n) is 20.9. The zero-order chi connectivity index (χ0) is 26.3. The van der Waals surface area contributed by atoms with E-state index >= 15 is 0 Å². The summed E-state index contributed by atoms with van der Waals surface area (Å²) < 4.78 is 5.82. The molecule has 7 nitrogen and oxygen atoms in total. The minimum atomic E-state index is -0.164. The van der Waals surface area contributed by atoms with Gasteiger partial charge in [0.2, 0.25) is 5.91 Å². The average molecular weight is 508 g/mol. The van der Waals surface area contributed by atoms with Gasteiger partial charge in [-0.2, -0.15) is 0 Å². The number of carbonyl (C=O) groups excluding carboxylic acids is 2. The lowest BCUT2D eigenvalue weighted by Crippen LogP contribution is -2.37. The summed E-state index contributed by atoms with van der Waals surface area (Å²) in [6.07, 6.45) is 3.24. The summed E-state index contributed by atoms with van der Waals surface area (Å²) in [5, 5.41) is 12.2. The second-order valence-corrected chi connectivity index (χ2v) is 9.36. The van der Waals surface area contributed by atoms with Gasteiger partial charge in [0.05, 0.1) is 12.6 Å². The van der Waals surface area contributed by atoms with Gasteiger partial charge in [0.15, 0.2) is 0 Å². The van der Waals surface area contributed by atoms with Crippen molar-refractivity contribution < 1.29 is 19.4 Å². The summed E-state index contributed by atoms with van der Waals surface area (Å²) in [6, 6.07) is 27.9. The molecule has 1 fully saturated rings. The molecule has 2 amide bonds. The van der Waals surface area contributed by atoms with Crippen molar-refractivity contribution in [3.05, 3.63) is 114 Å². The minimum absolute atomic E-state index is 0.0379. The number of pyridine rings is 1. The fourth-order valence-corrected chi connectivity index (χ4v) is 4.62. The van der Waals surface area contributed by atoms with E-state index in [-0.39, 0.29) is 24.0 Å². The third kappa shape index (κ3) is 6.37. The van der Waals surface area contributed by atoms with E-state index in [0.717, 1.165) is 24.3 Å². The number of hydrogen-bond donors (Lipinski definition) is 2. The predicted molar refractivity (Wildman–Crippen MR) is 146 cm³/mol. The molecular weight excluding hydrogens is 478 g/mol. The molecule has 0 aliphatic carbocycles. The van der Waals surface area contributed by atoms with Crippen LogP contribution in [0.3, 0.4) is 0 Å². The molecule has 7 heteroatoms. The molecular formula is C31H29N3O4. The highest BCUT2D eigenvalue weighted by Gasteiger charge is 2.24. The average Bonchev–Trinajstić information content (AvgIpc) is 2.95. The standard InChI is InChI=1S/C31H29N3O4/c35-27-13-12-26(32-21-27)20-30(36)33-25-10-6-22(7-11-25)23-16-18-34(19-17-23)31(37)24-8-14-29(15-9-24)38-28-4-2-1-3-5-28/h1-15,21,23,35H,16-20H2,(H,33,36). The Bertz CT molecular complexity index is 1360. The second-order valence-electron chi connectivity index (χ2n) is 9.36. The monoisotopic (exact) mass is 507 g/mol. The Hall–Kier alpha value is -4.65. The second kappa shape index (κ2) is 11.6. The highest BCUT2D eigenvalue weighted by atomic mass is 16.5. The Morgan fingerprint density at radius 3 is 2.21 bits per heavy atom. The van der Waals surface area contributed by atoms with E-state index in [1.54, 1.807) is 6.07 Å². The molecule has 4 aromatic rings. The van der Waals surface area contributed by atoms with Crippen LogP contribution >= 0.6 is 0 Å². The number of anilines is 1. The van der Waals surface area contributed by atoms with E-state index in [4.69, 9.17) is 4.74 Å². The van der Waals surface area contributed by atoms with Gasteiger partial charge in [-0.25, -0.2) is 0 Å². The normalized spacial score (nSPS) is 13.6. The highest BCUT2D eigenvalue weighted by molar-refractivity contribution is 5.94. The van der Waals surface area contributed by atoms with Crippen LogP contribution in [0.2, 0.25) is 0 Å². The fraction of sp³-hybridized carbons (Fsp3) is 0.194. The van der Waals surface area contributed by atoms with Crippen LogP contribution < -0.4 is 10.1 Å². The molecule has 0 bridgehead atoms. The van der Waals surface area contributed by atoms with Gasteiger partial charge in [-0.05, 0) is 85.0 Å². The van der Waals surface area contributed by atoms with Gasteiger partial charge in [-0.1, -0.05) is 30.3 Å². The summed E-state index contributed by atoms with van der Waals surface area (Å²) in [5.74, 6) is 1.77. The number of benzene rings is 3. The van der Waals surface area contributed by atoms with Crippen molar-refractivity contribution >= 4 is 17.5 Å². The highest BCUT2D eigenvalue weighted by Crippen LogP contribution is 2.30.